The van der Waals surface area contributed by atoms with Crippen LogP contribution in [0.15, 0.2) is 17.3 Å². The van der Waals surface area contributed by atoms with Crippen LogP contribution >= 0.6 is 24.0 Å². The lowest BCUT2D eigenvalue weighted by Crippen LogP contribution is -2.39. The summed E-state index contributed by atoms with van der Waals surface area (Å²) in [6.07, 6.45) is 2.46. The quantitative estimate of drug-likeness (QED) is 0.240. The van der Waals surface area contributed by atoms with E-state index in [2.05, 4.69) is 20.7 Å². The number of hydrogen-bond donors (Lipinski definition) is 2. The molecule has 1 aromatic rings. The summed E-state index contributed by atoms with van der Waals surface area (Å²) in [5.41, 5.74) is 1.02. The van der Waals surface area contributed by atoms with Crippen LogP contribution in [0.2, 0.25) is 0 Å². The Kier molecular flexibility index (Phi) is 11.2. The van der Waals surface area contributed by atoms with Crippen LogP contribution in [0.5, 0.6) is 0 Å². The van der Waals surface area contributed by atoms with Gasteiger partial charge in [-0.25, -0.2) is 17.7 Å². The van der Waals surface area contributed by atoms with Crippen molar-refractivity contribution in [1.82, 2.24) is 24.7 Å². The van der Waals surface area contributed by atoms with E-state index in [1.165, 1.54) is 4.31 Å². The molecule has 0 saturated carbocycles. The minimum atomic E-state index is -3.10. The lowest BCUT2D eigenvalue weighted by molar-refractivity contribution is 0.461. The van der Waals surface area contributed by atoms with Crippen molar-refractivity contribution in [1.29, 1.82) is 0 Å². The van der Waals surface area contributed by atoms with Gasteiger partial charge in [-0.3, -0.25) is 4.68 Å². The normalized spacial score (nSPS) is 12.1. The Morgan fingerprint density at radius 2 is 2.08 bits per heavy atom. The molecular formula is C14H29IN6O2S. The summed E-state index contributed by atoms with van der Waals surface area (Å²) in [5.74, 6) is 0.848. The smallest absolute Gasteiger partial charge is 0.213 e. The Hall–Kier alpha value is -0.880. The van der Waals surface area contributed by atoms with Gasteiger partial charge in [-0.1, -0.05) is 0 Å². The number of aromatic nitrogens is 2. The molecular weight excluding hydrogens is 443 g/mol. The first-order valence-electron chi connectivity index (χ1n) is 7.83. The summed E-state index contributed by atoms with van der Waals surface area (Å²) in [4.78, 5) is 4.50. The maximum absolute atomic E-state index is 11.7. The van der Waals surface area contributed by atoms with Crippen LogP contribution in [0, 0.1) is 0 Å². The third kappa shape index (κ3) is 7.79. The molecule has 140 valence electrons. The monoisotopic (exact) mass is 472 g/mol. The van der Waals surface area contributed by atoms with E-state index < -0.39 is 10.0 Å². The second-order valence-corrected chi connectivity index (χ2v) is 7.51. The average molecular weight is 472 g/mol. The molecule has 0 radical (unpaired) electrons. The van der Waals surface area contributed by atoms with Crippen LogP contribution in [0.4, 0.5) is 0 Å². The van der Waals surface area contributed by atoms with E-state index in [1.54, 1.807) is 24.9 Å². The van der Waals surface area contributed by atoms with Gasteiger partial charge in [0.15, 0.2) is 5.96 Å². The van der Waals surface area contributed by atoms with Crippen LogP contribution in [0.3, 0.4) is 0 Å². The zero-order valence-electron chi connectivity index (χ0n) is 14.8. The molecule has 0 saturated heterocycles. The van der Waals surface area contributed by atoms with E-state index in [-0.39, 0.29) is 29.7 Å². The van der Waals surface area contributed by atoms with Gasteiger partial charge in [-0.2, -0.15) is 5.10 Å². The Labute approximate surface area is 162 Å². The second kappa shape index (κ2) is 11.6. The molecule has 2 N–H and O–H groups in total. The van der Waals surface area contributed by atoms with E-state index in [0.717, 1.165) is 18.2 Å². The third-order valence-corrected chi connectivity index (χ3v) is 5.31. The Balaban J connectivity index is 0.00000529. The molecule has 24 heavy (non-hydrogen) atoms. The van der Waals surface area contributed by atoms with Gasteiger partial charge in [-0.15, -0.1) is 24.0 Å². The molecule has 0 fully saturated rings. The molecule has 1 rings (SSSR count). The van der Waals surface area contributed by atoms with Gasteiger partial charge in [-0.05, 0) is 26.3 Å². The van der Waals surface area contributed by atoms with E-state index in [4.69, 9.17) is 0 Å². The summed E-state index contributed by atoms with van der Waals surface area (Å²) in [6.45, 7) is 6.10. The molecule has 0 bridgehead atoms. The summed E-state index contributed by atoms with van der Waals surface area (Å²) in [5, 5.41) is 10.5. The van der Waals surface area contributed by atoms with Crippen molar-refractivity contribution in [2.45, 2.75) is 26.8 Å². The van der Waals surface area contributed by atoms with Crippen molar-refractivity contribution >= 4 is 40.0 Å². The fourth-order valence-corrected chi connectivity index (χ4v) is 2.77. The van der Waals surface area contributed by atoms with Crippen LogP contribution < -0.4 is 10.6 Å². The van der Waals surface area contributed by atoms with Crippen molar-refractivity contribution in [3.63, 3.8) is 0 Å². The summed E-state index contributed by atoms with van der Waals surface area (Å²) < 4.78 is 26.5. The third-order valence-electron chi connectivity index (χ3n) is 3.45. The first kappa shape index (κ1) is 23.1. The minimum absolute atomic E-state index is 0. The van der Waals surface area contributed by atoms with Gasteiger partial charge in [0.05, 0.1) is 18.0 Å². The molecule has 0 atom stereocenters. The number of hydrogen-bond acceptors (Lipinski definition) is 4. The SMILES string of the molecule is CCNC(=NCc1ccnn1C)NCCCN(C)S(=O)(=O)CC.I. The van der Waals surface area contributed by atoms with Crippen molar-refractivity contribution < 1.29 is 8.42 Å². The summed E-state index contributed by atoms with van der Waals surface area (Å²) in [6, 6.07) is 1.93. The molecule has 1 heterocycles. The van der Waals surface area contributed by atoms with Crippen LogP contribution in [0.25, 0.3) is 0 Å². The molecule has 0 amide bonds. The van der Waals surface area contributed by atoms with Gasteiger partial charge in [0, 0.05) is 39.9 Å². The molecule has 0 unspecified atom stereocenters. The molecule has 0 aliphatic rings. The fourth-order valence-electron chi connectivity index (χ4n) is 1.93. The van der Waals surface area contributed by atoms with Gasteiger partial charge >= 0.3 is 0 Å². The highest BCUT2D eigenvalue weighted by atomic mass is 127. The maximum atomic E-state index is 11.7. The van der Waals surface area contributed by atoms with E-state index >= 15 is 0 Å². The van der Waals surface area contributed by atoms with Crippen molar-refractivity contribution in [3.05, 3.63) is 18.0 Å². The number of halogens is 1. The highest BCUT2D eigenvalue weighted by molar-refractivity contribution is 14.0. The largest absolute Gasteiger partial charge is 0.357 e. The van der Waals surface area contributed by atoms with Gasteiger partial charge in [0.2, 0.25) is 10.0 Å². The number of nitrogens with one attached hydrogen (secondary N) is 2. The summed E-state index contributed by atoms with van der Waals surface area (Å²) >= 11 is 0. The lowest BCUT2D eigenvalue weighted by atomic mass is 10.4. The topological polar surface area (TPSA) is 91.6 Å². The maximum Gasteiger partial charge on any atom is 0.213 e. The first-order chi connectivity index (χ1) is 10.9. The number of aliphatic imine (C=N–C) groups is 1. The predicted octanol–water partition coefficient (Wildman–Crippen LogP) is 0.765. The summed E-state index contributed by atoms with van der Waals surface area (Å²) in [7, 11) is 0.392. The molecule has 8 nitrogen and oxygen atoms in total. The molecule has 0 aromatic carbocycles. The average Bonchev–Trinajstić information content (AvgIpc) is 2.93. The Morgan fingerprint density at radius 3 is 2.62 bits per heavy atom. The second-order valence-electron chi connectivity index (χ2n) is 5.14. The standard InChI is InChI=1S/C14H28N6O2S.HI/c1-5-15-14(17-12-13-8-10-18-20(13)4)16-9-7-11-19(3)23(21,22)6-2;/h8,10H,5-7,9,11-12H2,1-4H3,(H2,15,16,17);1H. The van der Waals surface area contributed by atoms with Gasteiger partial charge < -0.3 is 10.6 Å². The minimum Gasteiger partial charge on any atom is -0.357 e. The Bertz CT molecular complexity index is 602. The first-order valence-corrected chi connectivity index (χ1v) is 9.44. The number of aryl methyl sites for hydroxylation is 1. The number of rotatable bonds is 9. The van der Waals surface area contributed by atoms with E-state index in [9.17, 15) is 8.42 Å². The lowest BCUT2D eigenvalue weighted by Gasteiger charge is -2.16. The van der Waals surface area contributed by atoms with Crippen LogP contribution in [-0.4, -0.2) is 60.9 Å². The zero-order chi connectivity index (χ0) is 17.3. The Morgan fingerprint density at radius 1 is 1.38 bits per heavy atom. The van der Waals surface area contributed by atoms with Gasteiger partial charge in [0.25, 0.3) is 0 Å². The fraction of sp³-hybridized carbons (Fsp3) is 0.714. The van der Waals surface area contributed by atoms with Crippen molar-refractivity contribution in [2.24, 2.45) is 12.0 Å². The number of guanidine groups is 1. The predicted molar refractivity (Wildman–Crippen MR) is 108 cm³/mol. The van der Waals surface area contributed by atoms with Crippen LogP contribution in [0.1, 0.15) is 26.0 Å². The van der Waals surface area contributed by atoms with Crippen molar-refractivity contribution in [2.75, 3.05) is 32.4 Å². The highest BCUT2D eigenvalue weighted by Crippen LogP contribution is 1.99. The number of sulfonamides is 1. The number of nitrogens with zero attached hydrogens (tertiary/aromatic N) is 4. The highest BCUT2D eigenvalue weighted by Gasteiger charge is 2.13. The van der Waals surface area contributed by atoms with Gasteiger partial charge in [0.1, 0.15) is 0 Å². The molecule has 0 aliphatic heterocycles. The van der Waals surface area contributed by atoms with E-state index in [0.29, 0.717) is 26.1 Å². The van der Waals surface area contributed by atoms with E-state index in [1.807, 2.05) is 20.0 Å². The van der Waals surface area contributed by atoms with Crippen molar-refractivity contribution in [3.8, 4) is 0 Å². The zero-order valence-corrected chi connectivity index (χ0v) is 18.0. The van der Waals surface area contributed by atoms with Crippen LogP contribution in [-0.2, 0) is 23.6 Å². The molecule has 1 aromatic heterocycles. The molecule has 0 aliphatic carbocycles. The molecule has 0 spiro atoms. The molecule has 10 heteroatoms.